The normalized spacial score (nSPS) is 16.3. The number of carbonyl (C=O) groups is 1. The van der Waals surface area contributed by atoms with Gasteiger partial charge in [-0.2, -0.15) is 4.31 Å². The minimum absolute atomic E-state index is 0.187. The van der Waals surface area contributed by atoms with E-state index in [0.717, 1.165) is 23.4 Å². The van der Waals surface area contributed by atoms with Crippen LogP contribution in [0.2, 0.25) is 0 Å². The highest BCUT2D eigenvalue weighted by molar-refractivity contribution is 7.89. The van der Waals surface area contributed by atoms with Crippen molar-refractivity contribution in [1.82, 2.24) is 9.29 Å². The first-order valence-corrected chi connectivity index (χ1v) is 11.4. The molecule has 1 fully saturated rings. The number of piperidine rings is 1. The van der Waals surface area contributed by atoms with Gasteiger partial charge in [-0.15, -0.1) is 11.3 Å². The number of carbonyl (C=O) groups excluding carboxylic acids is 1. The maximum absolute atomic E-state index is 12.9. The summed E-state index contributed by atoms with van der Waals surface area (Å²) < 4.78 is 28.6. The van der Waals surface area contributed by atoms with Crippen LogP contribution in [0.3, 0.4) is 0 Å². The Morgan fingerprint density at radius 1 is 1.11 bits per heavy atom. The zero-order chi connectivity index (χ0) is 19.7. The molecule has 1 aliphatic rings. The summed E-state index contributed by atoms with van der Waals surface area (Å²) in [6.07, 6.45) is 1.53. The first-order valence-electron chi connectivity index (χ1n) is 9.17. The molecule has 1 aromatic heterocycles. The number of fused-ring (bicyclic) bond motifs is 1. The van der Waals surface area contributed by atoms with Crippen molar-refractivity contribution in [3.8, 4) is 0 Å². The van der Waals surface area contributed by atoms with Crippen LogP contribution in [0.25, 0.3) is 10.2 Å². The molecule has 0 unspecified atom stereocenters. The molecule has 28 heavy (non-hydrogen) atoms. The number of amides is 1. The minimum Gasteiger partial charge on any atom is -0.326 e. The maximum Gasteiger partial charge on any atom is 0.243 e. The lowest BCUT2D eigenvalue weighted by atomic mass is 9.99. The van der Waals surface area contributed by atoms with Crippen molar-refractivity contribution in [3.05, 3.63) is 53.5 Å². The summed E-state index contributed by atoms with van der Waals surface area (Å²) in [6, 6.07) is 14.4. The van der Waals surface area contributed by atoms with Gasteiger partial charge in [0, 0.05) is 31.6 Å². The second kappa shape index (κ2) is 7.62. The van der Waals surface area contributed by atoms with Gasteiger partial charge in [-0.25, -0.2) is 13.4 Å². The predicted molar refractivity (Wildman–Crippen MR) is 111 cm³/mol. The van der Waals surface area contributed by atoms with E-state index in [1.807, 2.05) is 18.2 Å². The van der Waals surface area contributed by atoms with Crippen molar-refractivity contribution in [3.63, 3.8) is 0 Å². The number of anilines is 1. The smallest absolute Gasteiger partial charge is 0.243 e. The van der Waals surface area contributed by atoms with Gasteiger partial charge in [-0.05, 0) is 49.2 Å². The average Bonchev–Trinajstić information content (AvgIpc) is 3.12. The molecule has 0 atom stereocenters. The summed E-state index contributed by atoms with van der Waals surface area (Å²) in [5.74, 6) is 0.110. The number of rotatable bonds is 4. The van der Waals surface area contributed by atoms with Gasteiger partial charge in [-0.1, -0.05) is 12.1 Å². The number of para-hydroxylation sites is 1. The van der Waals surface area contributed by atoms with Crippen molar-refractivity contribution < 1.29 is 13.2 Å². The molecule has 1 amide bonds. The van der Waals surface area contributed by atoms with Crippen molar-refractivity contribution in [1.29, 1.82) is 0 Å². The third-order valence-electron chi connectivity index (χ3n) is 4.93. The molecule has 0 spiro atoms. The zero-order valence-corrected chi connectivity index (χ0v) is 17.1. The van der Waals surface area contributed by atoms with Gasteiger partial charge in [0.25, 0.3) is 0 Å². The van der Waals surface area contributed by atoms with Crippen LogP contribution in [0.15, 0.2) is 53.4 Å². The highest BCUT2D eigenvalue weighted by Gasteiger charge is 2.31. The average molecular weight is 416 g/mol. The van der Waals surface area contributed by atoms with E-state index in [0.29, 0.717) is 24.7 Å². The number of nitrogens with zero attached hydrogens (tertiary/aromatic N) is 2. The minimum atomic E-state index is -3.53. The number of hydrogen-bond donors (Lipinski definition) is 1. The molecule has 2 heterocycles. The Balaban J connectivity index is 1.45. The van der Waals surface area contributed by atoms with E-state index >= 15 is 0 Å². The Hall–Kier alpha value is -2.29. The monoisotopic (exact) mass is 415 g/mol. The number of thiazole rings is 1. The molecule has 1 N–H and O–H groups in total. The van der Waals surface area contributed by atoms with Crippen LogP contribution < -0.4 is 5.32 Å². The molecule has 3 aromatic rings. The fraction of sp³-hybridized carbons (Fsp3) is 0.300. The summed E-state index contributed by atoms with van der Waals surface area (Å²) in [7, 11) is -3.53. The SMILES string of the molecule is CC(=O)Nc1ccc(S(=O)(=O)N2CCC(c3nc4ccccc4s3)CC2)cc1. The fourth-order valence-corrected chi connectivity index (χ4v) is 6.08. The molecule has 0 radical (unpaired) electrons. The molecule has 0 saturated carbocycles. The Kier molecular flexibility index (Phi) is 5.18. The lowest BCUT2D eigenvalue weighted by Gasteiger charge is -2.30. The number of benzene rings is 2. The summed E-state index contributed by atoms with van der Waals surface area (Å²) in [6.45, 7) is 2.38. The molecule has 1 aliphatic heterocycles. The second-order valence-corrected chi connectivity index (χ2v) is 9.90. The standard InChI is InChI=1S/C20H21N3O3S2/c1-14(24)21-16-6-8-17(9-7-16)28(25,26)23-12-10-15(11-13-23)20-22-18-4-2-3-5-19(18)27-20/h2-9,15H,10-13H2,1H3,(H,21,24). The molecule has 0 aliphatic carbocycles. The molecular weight excluding hydrogens is 394 g/mol. The van der Waals surface area contributed by atoms with Crippen LogP contribution in [-0.2, 0) is 14.8 Å². The third-order valence-corrected chi connectivity index (χ3v) is 8.04. The first kappa shape index (κ1) is 19.0. The fourth-order valence-electron chi connectivity index (χ4n) is 3.47. The molecule has 8 heteroatoms. The van der Waals surface area contributed by atoms with Gasteiger partial charge in [0.15, 0.2) is 0 Å². The van der Waals surface area contributed by atoms with Gasteiger partial charge in [0.1, 0.15) is 0 Å². The number of aromatic nitrogens is 1. The largest absolute Gasteiger partial charge is 0.326 e. The first-order chi connectivity index (χ1) is 13.4. The molecular formula is C20H21N3O3S2. The summed E-state index contributed by atoms with van der Waals surface area (Å²) in [5.41, 5.74) is 1.60. The predicted octanol–water partition coefficient (Wildman–Crippen LogP) is 3.82. The van der Waals surface area contributed by atoms with E-state index in [-0.39, 0.29) is 10.8 Å². The van der Waals surface area contributed by atoms with Crippen LogP contribution in [0.1, 0.15) is 30.7 Å². The van der Waals surface area contributed by atoms with E-state index in [9.17, 15) is 13.2 Å². The molecule has 2 aromatic carbocycles. The third kappa shape index (κ3) is 3.80. The lowest BCUT2D eigenvalue weighted by Crippen LogP contribution is -2.37. The summed E-state index contributed by atoms with van der Waals surface area (Å²) in [5, 5.41) is 3.74. The zero-order valence-electron chi connectivity index (χ0n) is 15.5. The quantitative estimate of drug-likeness (QED) is 0.702. The van der Waals surface area contributed by atoms with E-state index in [1.54, 1.807) is 39.9 Å². The number of sulfonamides is 1. The second-order valence-electron chi connectivity index (χ2n) is 6.90. The van der Waals surface area contributed by atoms with Gasteiger partial charge < -0.3 is 5.32 Å². The van der Waals surface area contributed by atoms with Gasteiger partial charge >= 0.3 is 0 Å². The highest BCUT2D eigenvalue weighted by atomic mass is 32.2. The van der Waals surface area contributed by atoms with Crippen LogP contribution >= 0.6 is 11.3 Å². The van der Waals surface area contributed by atoms with Crippen molar-refractivity contribution in [2.45, 2.75) is 30.6 Å². The van der Waals surface area contributed by atoms with Gasteiger partial charge in [-0.3, -0.25) is 4.79 Å². The Morgan fingerprint density at radius 2 is 1.79 bits per heavy atom. The summed E-state index contributed by atoms with van der Waals surface area (Å²) in [4.78, 5) is 16.1. The van der Waals surface area contributed by atoms with E-state index in [1.165, 1.54) is 11.6 Å². The topological polar surface area (TPSA) is 79.4 Å². The summed E-state index contributed by atoms with van der Waals surface area (Å²) >= 11 is 1.70. The van der Waals surface area contributed by atoms with Crippen molar-refractivity contribution >= 4 is 43.2 Å². The van der Waals surface area contributed by atoms with E-state index in [4.69, 9.17) is 4.98 Å². The molecule has 0 bridgehead atoms. The molecule has 6 nitrogen and oxygen atoms in total. The highest BCUT2D eigenvalue weighted by Crippen LogP contribution is 2.35. The van der Waals surface area contributed by atoms with E-state index in [2.05, 4.69) is 11.4 Å². The van der Waals surface area contributed by atoms with Crippen LogP contribution in [0, 0.1) is 0 Å². The maximum atomic E-state index is 12.9. The molecule has 1 saturated heterocycles. The van der Waals surface area contributed by atoms with Crippen LogP contribution in [0.5, 0.6) is 0 Å². The Morgan fingerprint density at radius 3 is 2.43 bits per heavy atom. The van der Waals surface area contributed by atoms with Gasteiger partial charge in [0.05, 0.1) is 20.1 Å². The van der Waals surface area contributed by atoms with Gasteiger partial charge in [0.2, 0.25) is 15.9 Å². The number of nitrogens with one attached hydrogen (secondary N) is 1. The Bertz CT molecular complexity index is 1070. The lowest BCUT2D eigenvalue weighted by molar-refractivity contribution is -0.114. The van der Waals surface area contributed by atoms with Crippen molar-refractivity contribution in [2.75, 3.05) is 18.4 Å². The molecule has 146 valence electrons. The van der Waals surface area contributed by atoms with Crippen molar-refractivity contribution in [2.24, 2.45) is 0 Å². The Labute approximate surface area is 168 Å². The molecule has 4 rings (SSSR count). The van der Waals surface area contributed by atoms with Crippen LogP contribution in [0.4, 0.5) is 5.69 Å². The van der Waals surface area contributed by atoms with E-state index < -0.39 is 10.0 Å². The number of hydrogen-bond acceptors (Lipinski definition) is 5. The van der Waals surface area contributed by atoms with Crippen LogP contribution in [-0.4, -0.2) is 36.7 Å².